The molecule has 1 aromatic carbocycles. The van der Waals surface area contributed by atoms with Gasteiger partial charge < -0.3 is 4.74 Å². The number of para-hydroxylation sites is 1. The zero-order valence-corrected chi connectivity index (χ0v) is 9.26. The van der Waals surface area contributed by atoms with Crippen molar-refractivity contribution in [3.05, 3.63) is 49.2 Å². The van der Waals surface area contributed by atoms with Gasteiger partial charge in [0.1, 0.15) is 0 Å². The summed E-state index contributed by atoms with van der Waals surface area (Å²) in [6.45, 7) is 6.23. The standard InChI is InChI=1S/C13H14N2O/c1-3-7-13(16-4-2)15-12-9-6-5-8-11(12)10-14-15/h3,5-10H,1,4H2,2H3/b13-7+. The van der Waals surface area contributed by atoms with E-state index in [9.17, 15) is 0 Å². The molecule has 0 spiro atoms. The van der Waals surface area contributed by atoms with Crippen LogP contribution in [-0.2, 0) is 4.74 Å². The maximum absolute atomic E-state index is 5.53. The van der Waals surface area contributed by atoms with Crippen LogP contribution in [-0.4, -0.2) is 16.4 Å². The molecule has 3 nitrogen and oxygen atoms in total. The van der Waals surface area contributed by atoms with E-state index in [-0.39, 0.29) is 0 Å². The predicted molar refractivity (Wildman–Crippen MR) is 65.8 cm³/mol. The lowest BCUT2D eigenvalue weighted by atomic mass is 10.3. The van der Waals surface area contributed by atoms with Gasteiger partial charge in [-0.1, -0.05) is 30.9 Å². The third kappa shape index (κ3) is 1.84. The van der Waals surface area contributed by atoms with Crippen LogP contribution < -0.4 is 0 Å². The molecule has 2 aromatic rings. The highest BCUT2D eigenvalue weighted by molar-refractivity contribution is 5.80. The van der Waals surface area contributed by atoms with Gasteiger partial charge in [0.2, 0.25) is 5.88 Å². The summed E-state index contributed by atoms with van der Waals surface area (Å²) in [5, 5.41) is 5.40. The minimum Gasteiger partial charge on any atom is -0.478 e. The Morgan fingerprint density at radius 2 is 2.31 bits per heavy atom. The number of fused-ring (bicyclic) bond motifs is 1. The number of aromatic nitrogens is 2. The van der Waals surface area contributed by atoms with E-state index in [1.807, 2.05) is 43.5 Å². The second kappa shape index (κ2) is 4.66. The fourth-order valence-electron chi connectivity index (χ4n) is 1.58. The SMILES string of the molecule is C=C/C=C(/OCC)n1ncc2ccccc21. The summed E-state index contributed by atoms with van der Waals surface area (Å²) in [5.74, 6) is 0.693. The molecule has 0 unspecified atom stereocenters. The Morgan fingerprint density at radius 3 is 3.06 bits per heavy atom. The van der Waals surface area contributed by atoms with E-state index in [4.69, 9.17) is 4.74 Å². The smallest absolute Gasteiger partial charge is 0.214 e. The van der Waals surface area contributed by atoms with Gasteiger partial charge in [-0.25, -0.2) is 4.68 Å². The highest BCUT2D eigenvalue weighted by Crippen LogP contribution is 2.17. The van der Waals surface area contributed by atoms with Crippen molar-refractivity contribution in [2.75, 3.05) is 6.61 Å². The largest absolute Gasteiger partial charge is 0.478 e. The number of rotatable bonds is 4. The summed E-state index contributed by atoms with van der Waals surface area (Å²) < 4.78 is 7.30. The zero-order valence-electron chi connectivity index (χ0n) is 9.26. The van der Waals surface area contributed by atoms with Crippen molar-refractivity contribution >= 4 is 16.8 Å². The van der Waals surface area contributed by atoms with Crippen LogP contribution in [0.2, 0.25) is 0 Å². The summed E-state index contributed by atoms with van der Waals surface area (Å²) in [6.07, 6.45) is 5.33. The molecule has 0 saturated heterocycles. The van der Waals surface area contributed by atoms with Gasteiger partial charge in [-0.05, 0) is 19.1 Å². The molecular weight excluding hydrogens is 200 g/mol. The lowest BCUT2D eigenvalue weighted by molar-refractivity contribution is 0.274. The molecule has 0 bridgehead atoms. The van der Waals surface area contributed by atoms with Crippen LogP contribution >= 0.6 is 0 Å². The molecule has 0 saturated carbocycles. The van der Waals surface area contributed by atoms with Gasteiger partial charge in [-0.2, -0.15) is 5.10 Å². The van der Waals surface area contributed by atoms with Crippen molar-refractivity contribution in [3.8, 4) is 0 Å². The third-order valence-electron chi connectivity index (χ3n) is 2.24. The first-order valence-corrected chi connectivity index (χ1v) is 5.25. The van der Waals surface area contributed by atoms with Crippen LogP contribution in [0.15, 0.2) is 49.2 Å². The first kappa shape index (κ1) is 10.5. The van der Waals surface area contributed by atoms with Crippen molar-refractivity contribution in [2.24, 2.45) is 0 Å². The number of hydrogen-bond acceptors (Lipinski definition) is 2. The van der Waals surface area contributed by atoms with Crippen molar-refractivity contribution in [1.82, 2.24) is 9.78 Å². The number of allylic oxidation sites excluding steroid dienone is 2. The fourth-order valence-corrected chi connectivity index (χ4v) is 1.58. The second-order valence-corrected chi connectivity index (χ2v) is 3.29. The van der Waals surface area contributed by atoms with E-state index in [0.717, 1.165) is 10.9 Å². The van der Waals surface area contributed by atoms with Crippen LogP contribution in [0, 0.1) is 0 Å². The zero-order chi connectivity index (χ0) is 11.4. The highest BCUT2D eigenvalue weighted by atomic mass is 16.5. The predicted octanol–water partition coefficient (Wildman–Crippen LogP) is 3.06. The van der Waals surface area contributed by atoms with Crippen LogP contribution in [0.4, 0.5) is 0 Å². The fraction of sp³-hybridized carbons (Fsp3) is 0.154. The van der Waals surface area contributed by atoms with E-state index in [1.165, 1.54) is 0 Å². The average molecular weight is 214 g/mol. The Bertz CT molecular complexity index is 525. The molecule has 0 radical (unpaired) electrons. The topological polar surface area (TPSA) is 27.1 Å². The lowest BCUT2D eigenvalue weighted by Gasteiger charge is -2.08. The molecule has 16 heavy (non-hydrogen) atoms. The van der Waals surface area contributed by atoms with Gasteiger partial charge in [0.25, 0.3) is 0 Å². The van der Waals surface area contributed by atoms with Crippen molar-refractivity contribution in [2.45, 2.75) is 6.92 Å². The van der Waals surface area contributed by atoms with Crippen molar-refractivity contribution in [3.63, 3.8) is 0 Å². The van der Waals surface area contributed by atoms with Gasteiger partial charge in [0, 0.05) is 5.39 Å². The monoisotopic (exact) mass is 214 g/mol. The molecule has 0 fully saturated rings. The minimum absolute atomic E-state index is 0.605. The first-order chi connectivity index (χ1) is 7.86. The number of ether oxygens (including phenoxy) is 1. The number of nitrogens with zero attached hydrogens (tertiary/aromatic N) is 2. The number of hydrogen-bond donors (Lipinski definition) is 0. The summed E-state index contributed by atoms with van der Waals surface area (Å²) in [6, 6.07) is 8.01. The Labute approximate surface area is 94.6 Å². The van der Waals surface area contributed by atoms with Crippen LogP contribution in [0.3, 0.4) is 0 Å². The molecular formula is C13H14N2O. The lowest BCUT2D eigenvalue weighted by Crippen LogP contribution is -2.02. The molecule has 2 rings (SSSR count). The van der Waals surface area contributed by atoms with E-state index in [2.05, 4.69) is 11.7 Å². The van der Waals surface area contributed by atoms with Gasteiger partial charge in [0.05, 0.1) is 18.3 Å². The van der Waals surface area contributed by atoms with Gasteiger partial charge in [-0.3, -0.25) is 0 Å². The van der Waals surface area contributed by atoms with Crippen LogP contribution in [0.25, 0.3) is 16.8 Å². The number of benzene rings is 1. The Morgan fingerprint density at radius 1 is 1.50 bits per heavy atom. The maximum atomic E-state index is 5.53. The molecule has 0 atom stereocenters. The summed E-state index contributed by atoms with van der Waals surface area (Å²) in [7, 11) is 0. The molecule has 1 aromatic heterocycles. The van der Waals surface area contributed by atoms with Crippen molar-refractivity contribution < 1.29 is 4.74 Å². The second-order valence-electron chi connectivity index (χ2n) is 3.29. The molecule has 0 aliphatic carbocycles. The summed E-state index contributed by atoms with van der Waals surface area (Å²) >= 11 is 0. The van der Waals surface area contributed by atoms with E-state index < -0.39 is 0 Å². The molecule has 0 aliphatic rings. The van der Waals surface area contributed by atoms with E-state index in [0.29, 0.717) is 12.5 Å². The Kier molecular flexibility index (Phi) is 3.05. The minimum atomic E-state index is 0.605. The normalized spacial score (nSPS) is 11.7. The Balaban J connectivity index is 2.52. The van der Waals surface area contributed by atoms with Gasteiger partial charge in [0.15, 0.2) is 0 Å². The van der Waals surface area contributed by atoms with E-state index >= 15 is 0 Å². The van der Waals surface area contributed by atoms with Crippen LogP contribution in [0.5, 0.6) is 0 Å². The molecule has 0 N–H and O–H groups in total. The Hall–Kier alpha value is -2.03. The van der Waals surface area contributed by atoms with Crippen LogP contribution in [0.1, 0.15) is 6.92 Å². The molecule has 0 aliphatic heterocycles. The van der Waals surface area contributed by atoms with Gasteiger partial charge >= 0.3 is 0 Å². The summed E-state index contributed by atoms with van der Waals surface area (Å²) in [4.78, 5) is 0. The quantitative estimate of drug-likeness (QED) is 0.577. The molecule has 0 amide bonds. The molecule has 1 heterocycles. The maximum Gasteiger partial charge on any atom is 0.214 e. The first-order valence-electron chi connectivity index (χ1n) is 5.25. The third-order valence-corrected chi connectivity index (χ3v) is 2.24. The van der Waals surface area contributed by atoms with Gasteiger partial charge in [-0.15, -0.1) is 0 Å². The summed E-state index contributed by atoms with van der Waals surface area (Å²) in [5.41, 5.74) is 1.03. The van der Waals surface area contributed by atoms with E-state index in [1.54, 1.807) is 10.8 Å². The molecule has 3 heteroatoms. The molecule has 82 valence electrons. The highest BCUT2D eigenvalue weighted by Gasteiger charge is 2.06. The van der Waals surface area contributed by atoms with Crippen molar-refractivity contribution in [1.29, 1.82) is 0 Å². The average Bonchev–Trinajstić information content (AvgIpc) is 2.72.